The highest BCUT2D eigenvalue weighted by Crippen LogP contribution is 2.75. The Morgan fingerprint density at radius 1 is 0.516 bits per heavy atom. The van der Waals surface area contributed by atoms with Crippen LogP contribution >= 0.6 is 81.4 Å². The van der Waals surface area contributed by atoms with Gasteiger partial charge in [0.1, 0.15) is 11.5 Å². The average molecular weight is 1800 g/mol. The molecule has 15 aliphatic rings. The number of aliphatic hydroxyl groups excluding tert-OH is 3. The fourth-order valence-corrected chi connectivity index (χ4v) is 32.0. The SMILES string of the molecule is CC1(C)O[C@@H]2CC3C4CCC5=CC(=O)C=CC5(C)C4[C@@H](O)CC3(C)[C@]2(C(=O)CSc2cc(Cl)c(Cl)cc2Cl)O1.CCOc1ccc2nc(SCC(=O)[C@@]34OC(C)(C)O[C@@H]3CC3C5CCC6=CC(=O)C=CC6(C)C5[C@@H](O)CC34C)[nH]c2c1.COc1ccc2sc(SCC(=O)[C@@]34OC(C)(C)O[C@@H]3CC3C5CCC6=CC(=O)C=CC6(C)C5[C@@H](O)CC34C)nc2c1. The number of carbonyl (C=O) groups excluding carboxylic acids is 6. The van der Waals surface area contributed by atoms with Crippen LogP contribution in [0.1, 0.15) is 167 Å². The number of aliphatic hydroxyl groups is 3. The molecule has 5 heterocycles. The third kappa shape index (κ3) is 13.5. The minimum absolute atomic E-state index is 0.0105. The molecule has 3 aromatic carbocycles. The van der Waals surface area contributed by atoms with Crippen molar-refractivity contribution in [3.63, 3.8) is 0 Å². The number of carbonyl (C=O) groups is 6. The number of fused-ring (bicyclic) bond motifs is 23. The summed E-state index contributed by atoms with van der Waals surface area (Å²) in [4.78, 5) is 93.3. The molecule has 4 N–H and O–H groups in total. The molecule has 2 aromatic heterocycles. The van der Waals surface area contributed by atoms with Crippen molar-refractivity contribution in [2.75, 3.05) is 31.0 Å². The van der Waals surface area contributed by atoms with Crippen molar-refractivity contribution >= 4 is 137 Å². The molecule has 9 saturated carbocycles. The average Bonchev–Trinajstić information content (AvgIpc) is 1.49. The van der Waals surface area contributed by atoms with E-state index >= 15 is 0 Å². The summed E-state index contributed by atoms with van der Waals surface area (Å²) in [5.74, 6) is 0.215. The number of nitrogens with one attached hydrogen (secondary N) is 1. The van der Waals surface area contributed by atoms with Crippen molar-refractivity contribution in [3.05, 3.63) is 135 Å². The molecule has 24 atom stereocenters. The number of imidazole rings is 1. The molecule has 5 aromatic rings. The van der Waals surface area contributed by atoms with E-state index in [0.717, 1.165) is 98.8 Å². The summed E-state index contributed by atoms with van der Waals surface area (Å²) in [7, 11) is 1.64. The zero-order chi connectivity index (χ0) is 86.7. The fourth-order valence-electron chi connectivity index (χ4n) is 27.5. The summed E-state index contributed by atoms with van der Waals surface area (Å²) in [6, 6.07) is 14.8. The normalized spacial score (nSPS) is 40.7. The highest BCUT2D eigenvalue weighted by Gasteiger charge is 2.80. The molecule has 12 fully saturated rings. The van der Waals surface area contributed by atoms with E-state index in [-0.39, 0.29) is 134 Å². The second kappa shape index (κ2) is 30.7. The van der Waals surface area contributed by atoms with Gasteiger partial charge in [-0.2, -0.15) is 0 Å². The summed E-state index contributed by atoms with van der Waals surface area (Å²) < 4.78 is 52.5. The van der Waals surface area contributed by atoms with Gasteiger partial charge < -0.3 is 58.2 Å². The van der Waals surface area contributed by atoms with Crippen LogP contribution in [-0.4, -0.2) is 167 Å². The molecule has 12 aliphatic carbocycles. The topological polar surface area (TPSA) is 279 Å². The molecule has 0 spiro atoms. The molecule has 20 rings (SSSR count). The Morgan fingerprint density at radius 3 is 1.35 bits per heavy atom. The number of allylic oxidation sites excluding steroid dienone is 12. The van der Waals surface area contributed by atoms with E-state index in [1.54, 1.807) is 67.0 Å². The predicted molar refractivity (Wildman–Crippen MR) is 471 cm³/mol. The summed E-state index contributed by atoms with van der Waals surface area (Å²) in [6.07, 6.45) is 21.7. The van der Waals surface area contributed by atoms with Gasteiger partial charge in [0.15, 0.2) is 78.4 Å². The molecule has 652 valence electrons. The molecule has 20 nitrogen and oxygen atoms in total. The highest BCUT2D eigenvalue weighted by atomic mass is 35.5. The van der Waals surface area contributed by atoms with Crippen LogP contribution in [0.5, 0.6) is 11.5 Å². The first-order valence-electron chi connectivity index (χ1n) is 43.2. The minimum atomic E-state index is -1.20. The number of aromatic amines is 1. The smallest absolute Gasteiger partial charge is 0.178 e. The van der Waals surface area contributed by atoms with Crippen LogP contribution in [0.2, 0.25) is 15.1 Å². The molecular formula is C95H110Cl3N3O17S4. The molecular weight excluding hydrogens is 1690 g/mol. The van der Waals surface area contributed by atoms with Gasteiger partial charge >= 0.3 is 0 Å². The molecule has 0 bridgehead atoms. The number of benzene rings is 3. The van der Waals surface area contributed by atoms with Crippen LogP contribution in [0.25, 0.3) is 21.3 Å². The standard InChI is InChI=1S/C33H40N2O6S.C32H37NO6S2.C30H33Cl3O5S/c1-6-39-20-8-10-23-24(14-20)35-29(34-23)42-17-26(38)33-27(40-30(2,3)41-33)15-22-21-9-7-18-13-19(36)11-12-31(18,4)28(21)25(37)16-32(22,33)5;1-29(2)38-26-14-21-20-8-6-17-12-18(34)10-11-30(17,3)27(20)23(35)15-31(21,4)32(26,39-29)25(36)16-40-28-33-22-13-19(37-5)7-9-24(22)41-28;1-27(2)37-25-10-18-17-6-5-15-9-16(34)7-8-28(15,3)26(17)22(35)13-29(18,4)30(25,38-27)24(36)14-39-23-12-20(32)19(31)11-21(23)33/h8,10-14,21-22,25,27-28,37H,6-7,9,15-17H2,1-5H3,(H,34,35);7,9-13,20-21,23,26-27,35H,6,8,14-16H2,1-5H3;7-9,11-12,17-18,22,25-26,35H,5-6,10,13-14H2,1-4H3/t21?,22?,25-,27+,28?,31?,32?,33+;20?,21?,23-,26+,27?,30?,31?,32+;17?,18?,22-,25+,26?,28?,29?,30+/m000/s1. The Balaban J connectivity index is 0.000000125. The number of thioether (sulfide) groups is 3. The van der Waals surface area contributed by atoms with Crippen LogP contribution in [0.3, 0.4) is 0 Å². The summed E-state index contributed by atoms with van der Waals surface area (Å²) in [6.45, 7) is 26.7. The van der Waals surface area contributed by atoms with Crippen molar-refractivity contribution < 1.29 is 82.0 Å². The molecule has 122 heavy (non-hydrogen) atoms. The number of ether oxygens (including phenoxy) is 8. The predicted octanol–water partition coefficient (Wildman–Crippen LogP) is 18.2. The monoisotopic (exact) mass is 1800 g/mol. The quantitative estimate of drug-likeness (QED) is 0.0560. The summed E-state index contributed by atoms with van der Waals surface area (Å²) in [5, 5.41) is 37.5. The highest BCUT2D eigenvalue weighted by molar-refractivity contribution is 8.01. The summed E-state index contributed by atoms with van der Waals surface area (Å²) in [5.41, 5.74) is -0.554. The summed E-state index contributed by atoms with van der Waals surface area (Å²) >= 11 is 24.4. The largest absolute Gasteiger partial charge is 0.497 e. The van der Waals surface area contributed by atoms with Crippen molar-refractivity contribution in [1.29, 1.82) is 0 Å². The minimum Gasteiger partial charge on any atom is -0.497 e. The van der Waals surface area contributed by atoms with Gasteiger partial charge in [0.25, 0.3) is 0 Å². The van der Waals surface area contributed by atoms with Gasteiger partial charge in [0, 0.05) is 67.3 Å². The van der Waals surface area contributed by atoms with Crippen molar-refractivity contribution in [1.82, 2.24) is 15.0 Å². The maximum Gasteiger partial charge on any atom is 0.178 e. The van der Waals surface area contributed by atoms with Gasteiger partial charge in [-0.05, 0) is 234 Å². The molecule has 0 radical (unpaired) electrons. The van der Waals surface area contributed by atoms with Gasteiger partial charge in [-0.25, -0.2) is 9.97 Å². The number of halogens is 3. The van der Waals surface area contributed by atoms with E-state index in [0.29, 0.717) is 63.8 Å². The van der Waals surface area contributed by atoms with Crippen LogP contribution in [0.4, 0.5) is 0 Å². The number of Topliss-reactive ketones (excluding diaryl/α,β-unsaturated/α-hetero) is 3. The second-order valence-electron chi connectivity index (χ2n) is 39.7. The van der Waals surface area contributed by atoms with E-state index < -0.39 is 74.8 Å². The number of ketones is 6. The fraction of sp³-hybridized carbons (Fsp3) is 0.600. The number of rotatable bonds is 15. The molecule has 27 heteroatoms. The van der Waals surface area contributed by atoms with Crippen molar-refractivity contribution in [2.45, 2.75) is 252 Å². The Labute approximate surface area is 744 Å². The van der Waals surface area contributed by atoms with Gasteiger partial charge in [-0.1, -0.05) is 135 Å². The van der Waals surface area contributed by atoms with Crippen LogP contribution in [0, 0.1) is 85.8 Å². The van der Waals surface area contributed by atoms with E-state index in [1.165, 1.54) is 35.3 Å². The number of methoxy groups -OCH3 is 1. The lowest BCUT2D eigenvalue weighted by molar-refractivity contribution is -0.223. The van der Waals surface area contributed by atoms with Crippen molar-refractivity contribution in [2.24, 2.45) is 85.8 Å². The Morgan fingerprint density at radius 2 is 0.926 bits per heavy atom. The maximum atomic E-state index is 14.5. The Hall–Kier alpha value is -5.36. The van der Waals surface area contributed by atoms with E-state index in [4.69, 9.17) is 82.7 Å². The molecule has 0 amide bonds. The third-order valence-electron chi connectivity index (χ3n) is 32.0. The third-order valence-corrected chi connectivity index (χ3v) is 37.3. The number of nitrogens with zero attached hydrogens (tertiary/aromatic N) is 2. The lowest BCUT2D eigenvalue weighted by Crippen LogP contribution is -2.63. The lowest BCUT2D eigenvalue weighted by Gasteiger charge is -2.60. The van der Waals surface area contributed by atoms with Gasteiger partial charge in [-0.15, -0.1) is 23.1 Å². The van der Waals surface area contributed by atoms with Gasteiger partial charge in [0.05, 0.1) is 104 Å². The number of H-pyrrole nitrogens is 1. The molecule has 15 unspecified atom stereocenters. The first-order valence-corrected chi connectivity index (χ1v) is 48.1. The lowest BCUT2D eigenvalue weighted by atomic mass is 9.46. The van der Waals surface area contributed by atoms with E-state index in [2.05, 4.69) is 46.5 Å². The Kier molecular flexibility index (Phi) is 21.9. The van der Waals surface area contributed by atoms with Gasteiger partial charge in [-0.3, -0.25) is 28.8 Å². The second-order valence-corrected chi connectivity index (χ2v) is 45.1. The van der Waals surface area contributed by atoms with Crippen LogP contribution in [-0.2, 0) is 57.2 Å². The number of aromatic nitrogens is 3. The van der Waals surface area contributed by atoms with E-state index in [1.807, 2.05) is 103 Å². The first-order chi connectivity index (χ1) is 57.5. The van der Waals surface area contributed by atoms with E-state index in [9.17, 15) is 44.1 Å². The number of thiazole rings is 1. The van der Waals surface area contributed by atoms with Gasteiger partial charge in [0.2, 0.25) is 0 Å². The zero-order valence-corrected chi connectivity index (χ0v) is 77.0. The van der Waals surface area contributed by atoms with Crippen LogP contribution < -0.4 is 9.47 Å². The molecule has 3 aliphatic heterocycles. The number of hydrogen-bond acceptors (Lipinski definition) is 23. The Bertz CT molecular complexity index is 5400. The number of hydrogen-bond donors (Lipinski definition) is 4. The zero-order valence-electron chi connectivity index (χ0n) is 71.5. The first kappa shape index (κ1) is 87.3. The molecule has 3 saturated heterocycles. The maximum absolute atomic E-state index is 14.5. The van der Waals surface area contributed by atoms with Crippen molar-refractivity contribution in [3.8, 4) is 11.5 Å². The van der Waals surface area contributed by atoms with Crippen LogP contribution in [0.15, 0.2) is 134 Å².